The Bertz CT molecular complexity index is 500. The first-order chi connectivity index (χ1) is 9.59. The number of rotatable bonds is 4. The number of likely N-dealkylation sites (tertiary alicyclic amines) is 1. The summed E-state index contributed by atoms with van der Waals surface area (Å²) in [6.45, 7) is 5.65. The highest BCUT2D eigenvalue weighted by Gasteiger charge is 2.40. The van der Waals surface area contributed by atoms with E-state index in [0.717, 1.165) is 48.4 Å². The lowest BCUT2D eigenvalue weighted by atomic mass is 9.89. The molecule has 4 nitrogen and oxygen atoms in total. The van der Waals surface area contributed by atoms with Gasteiger partial charge in [-0.15, -0.1) is 0 Å². The minimum atomic E-state index is -0.477. The number of hydrogen-bond donors (Lipinski definition) is 1. The number of ether oxygens (including phenoxy) is 2. The molecule has 1 aromatic rings. The SMILES string of the molecule is CCCC1(O)CN(Cc2cc3c(cc2Br)OCCO3)C1. The maximum absolute atomic E-state index is 10.2. The molecule has 0 aliphatic carbocycles. The molecule has 0 aromatic heterocycles. The summed E-state index contributed by atoms with van der Waals surface area (Å²) in [6, 6.07) is 4.01. The molecule has 20 heavy (non-hydrogen) atoms. The van der Waals surface area contributed by atoms with Gasteiger partial charge in [-0.1, -0.05) is 29.3 Å². The topological polar surface area (TPSA) is 41.9 Å². The maximum atomic E-state index is 10.2. The average molecular weight is 342 g/mol. The molecular weight excluding hydrogens is 322 g/mol. The van der Waals surface area contributed by atoms with Gasteiger partial charge in [0.25, 0.3) is 0 Å². The van der Waals surface area contributed by atoms with Crippen LogP contribution in [0.25, 0.3) is 0 Å². The fourth-order valence-corrected chi connectivity index (χ4v) is 3.44. The Morgan fingerprint density at radius 2 is 1.90 bits per heavy atom. The standard InChI is InChI=1S/C15H20BrNO3/c1-2-3-15(18)9-17(10-15)8-11-6-13-14(7-12(11)16)20-5-4-19-13/h6-7,18H,2-5,8-10H2,1H3. The van der Waals surface area contributed by atoms with E-state index in [9.17, 15) is 5.11 Å². The first-order valence-electron chi connectivity index (χ1n) is 7.12. The predicted octanol–water partition coefficient (Wildman–Crippen LogP) is 2.57. The summed E-state index contributed by atoms with van der Waals surface area (Å²) in [7, 11) is 0. The highest BCUT2D eigenvalue weighted by atomic mass is 79.9. The van der Waals surface area contributed by atoms with Gasteiger partial charge < -0.3 is 14.6 Å². The molecule has 2 aliphatic heterocycles. The van der Waals surface area contributed by atoms with Crippen molar-refractivity contribution in [2.75, 3.05) is 26.3 Å². The number of nitrogens with zero attached hydrogens (tertiary/aromatic N) is 1. The molecule has 1 aromatic carbocycles. The van der Waals surface area contributed by atoms with Crippen LogP contribution in [0.5, 0.6) is 11.5 Å². The summed E-state index contributed by atoms with van der Waals surface area (Å²) in [4.78, 5) is 2.26. The van der Waals surface area contributed by atoms with Crippen molar-refractivity contribution < 1.29 is 14.6 Å². The van der Waals surface area contributed by atoms with Gasteiger partial charge in [0.2, 0.25) is 0 Å². The lowest BCUT2D eigenvalue weighted by molar-refractivity contribution is -0.106. The predicted molar refractivity (Wildman–Crippen MR) is 80.3 cm³/mol. The third-order valence-corrected chi connectivity index (χ3v) is 4.59. The van der Waals surface area contributed by atoms with Crippen LogP contribution in [0.4, 0.5) is 0 Å². The molecule has 1 N–H and O–H groups in total. The van der Waals surface area contributed by atoms with Crippen LogP contribution in [-0.4, -0.2) is 41.9 Å². The fraction of sp³-hybridized carbons (Fsp3) is 0.600. The van der Waals surface area contributed by atoms with E-state index >= 15 is 0 Å². The number of hydrogen-bond acceptors (Lipinski definition) is 4. The third kappa shape index (κ3) is 2.80. The monoisotopic (exact) mass is 341 g/mol. The van der Waals surface area contributed by atoms with E-state index in [2.05, 4.69) is 27.8 Å². The molecule has 5 heteroatoms. The summed E-state index contributed by atoms with van der Waals surface area (Å²) in [6.07, 6.45) is 1.91. The van der Waals surface area contributed by atoms with Gasteiger partial charge in [0.05, 0.1) is 5.60 Å². The van der Waals surface area contributed by atoms with Crippen molar-refractivity contribution in [2.24, 2.45) is 0 Å². The minimum Gasteiger partial charge on any atom is -0.486 e. The molecule has 0 saturated carbocycles. The van der Waals surface area contributed by atoms with Gasteiger partial charge in [-0.2, -0.15) is 0 Å². The summed E-state index contributed by atoms with van der Waals surface area (Å²) in [5.41, 5.74) is 0.697. The number of β-amino-alcohol motifs (C(OH)–C–C–N with tert-alkyl or cyclic N) is 1. The summed E-state index contributed by atoms with van der Waals surface area (Å²) in [5, 5.41) is 10.2. The van der Waals surface area contributed by atoms with Crippen molar-refractivity contribution in [1.29, 1.82) is 0 Å². The summed E-state index contributed by atoms with van der Waals surface area (Å²) < 4.78 is 12.2. The van der Waals surface area contributed by atoms with Gasteiger partial charge in [-0.25, -0.2) is 0 Å². The maximum Gasteiger partial charge on any atom is 0.162 e. The molecule has 1 fully saturated rings. The van der Waals surface area contributed by atoms with E-state index in [1.165, 1.54) is 5.56 Å². The molecule has 110 valence electrons. The number of aliphatic hydroxyl groups is 1. The smallest absolute Gasteiger partial charge is 0.162 e. The number of benzene rings is 1. The van der Waals surface area contributed by atoms with Crippen LogP contribution in [-0.2, 0) is 6.54 Å². The number of halogens is 1. The van der Waals surface area contributed by atoms with Gasteiger partial charge >= 0.3 is 0 Å². The van der Waals surface area contributed by atoms with Crippen LogP contribution in [0.2, 0.25) is 0 Å². The molecule has 0 unspecified atom stereocenters. The Kier molecular flexibility index (Phi) is 3.93. The molecule has 2 aliphatic rings. The second-order valence-corrected chi connectivity index (χ2v) is 6.56. The minimum absolute atomic E-state index is 0.477. The van der Waals surface area contributed by atoms with E-state index in [0.29, 0.717) is 13.2 Å². The van der Waals surface area contributed by atoms with E-state index in [4.69, 9.17) is 9.47 Å². The second kappa shape index (κ2) is 5.54. The van der Waals surface area contributed by atoms with Gasteiger partial charge in [0.1, 0.15) is 13.2 Å². The zero-order valence-corrected chi connectivity index (χ0v) is 13.3. The first kappa shape index (κ1) is 14.2. The molecule has 0 spiro atoms. The van der Waals surface area contributed by atoms with Gasteiger partial charge in [0.15, 0.2) is 11.5 Å². The molecule has 2 heterocycles. The lowest BCUT2D eigenvalue weighted by Gasteiger charge is -2.46. The highest BCUT2D eigenvalue weighted by molar-refractivity contribution is 9.10. The Morgan fingerprint density at radius 1 is 1.25 bits per heavy atom. The van der Waals surface area contributed by atoms with E-state index in [1.807, 2.05) is 12.1 Å². The first-order valence-corrected chi connectivity index (χ1v) is 7.92. The van der Waals surface area contributed by atoms with Gasteiger partial charge in [0, 0.05) is 24.1 Å². The van der Waals surface area contributed by atoms with Crippen LogP contribution in [0.15, 0.2) is 16.6 Å². The summed E-state index contributed by atoms with van der Waals surface area (Å²) >= 11 is 3.59. The quantitative estimate of drug-likeness (QED) is 0.913. The van der Waals surface area contributed by atoms with E-state index in [1.54, 1.807) is 0 Å². The second-order valence-electron chi connectivity index (χ2n) is 5.71. The zero-order valence-electron chi connectivity index (χ0n) is 11.7. The molecule has 3 rings (SSSR count). The largest absolute Gasteiger partial charge is 0.486 e. The molecule has 0 atom stereocenters. The van der Waals surface area contributed by atoms with Crippen molar-refractivity contribution in [1.82, 2.24) is 4.90 Å². The zero-order chi connectivity index (χ0) is 14.2. The van der Waals surface area contributed by atoms with Crippen LogP contribution >= 0.6 is 15.9 Å². The van der Waals surface area contributed by atoms with Crippen molar-refractivity contribution in [2.45, 2.75) is 31.9 Å². The fourth-order valence-electron chi connectivity index (χ4n) is 2.99. The average Bonchev–Trinajstić information content (AvgIpc) is 2.38. The van der Waals surface area contributed by atoms with Gasteiger partial charge in [-0.05, 0) is 24.1 Å². The van der Waals surface area contributed by atoms with Crippen molar-refractivity contribution in [3.63, 3.8) is 0 Å². The van der Waals surface area contributed by atoms with E-state index in [-0.39, 0.29) is 0 Å². The van der Waals surface area contributed by atoms with Crippen molar-refractivity contribution in [3.8, 4) is 11.5 Å². The van der Waals surface area contributed by atoms with Crippen molar-refractivity contribution in [3.05, 3.63) is 22.2 Å². The normalized spacial score (nSPS) is 20.6. The van der Waals surface area contributed by atoms with Crippen LogP contribution in [0.1, 0.15) is 25.3 Å². The molecule has 0 amide bonds. The Morgan fingerprint density at radius 3 is 2.55 bits per heavy atom. The summed E-state index contributed by atoms with van der Waals surface area (Å²) in [5.74, 6) is 1.62. The van der Waals surface area contributed by atoms with Crippen LogP contribution in [0, 0.1) is 0 Å². The Hall–Kier alpha value is -0.780. The molecule has 1 saturated heterocycles. The van der Waals surface area contributed by atoms with Crippen LogP contribution < -0.4 is 9.47 Å². The molecule has 0 radical (unpaired) electrons. The van der Waals surface area contributed by atoms with Crippen molar-refractivity contribution >= 4 is 15.9 Å². The Labute approximate surface area is 127 Å². The van der Waals surface area contributed by atoms with Gasteiger partial charge in [-0.3, -0.25) is 4.90 Å². The molecular formula is C15H20BrNO3. The van der Waals surface area contributed by atoms with Crippen LogP contribution in [0.3, 0.4) is 0 Å². The number of fused-ring (bicyclic) bond motifs is 1. The highest BCUT2D eigenvalue weighted by Crippen LogP contribution is 2.37. The molecule has 0 bridgehead atoms. The lowest BCUT2D eigenvalue weighted by Crippen LogP contribution is -2.60. The van der Waals surface area contributed by atoms with E-state index < -0.39 is 5.60 Å². The Balaban J connectivity index is 1.67. The third-order valence-electron chi connectivity index (χ3n) is 3.86.